The molecule has 0 aliphatic carbocycles. The van der Waals surface area contributed by atoms with Gasteiger partial charge in [0.05, 0.1) is 0 Å². The van der Waals surface area contributed by atoms with Crippen molar-refractivity contribution in [2.75, 3.05) is 0 Å². The maximum absolute atomic E-state index is 2.42. The zero-order chi connectivity index (χ0) is 29.0. The van der Waals surface area contributed by atoms with Gasteiger partial charge in [-0.1, -0.05) is 133 Å². The van der Waals surface area contributed by atoms with Crippen molar-refractivity contribution >= 4 is 63.0 Å². The summed E-state index contributed by atoms with van der Waals surface area (Å²) in [5.41, 5.74) is 10.2. The molecule has 0 spiro atoms. The van der Waals surface area contributed by atoms with Crippen LogP contribution in [-0.4, -0.2) is 0 Å². The predicted molar refractivity (Wildman–Crippen MR) is 194 cm³/mol. The Hall–Kier alpha value is -5.02. The molecule has 0 nitrogen and oxygen atoms in total. The Morgan fingerprint density at radius 1 is 0.295 bits per heavy atom. The fourth-order valence-corrected chi connectivity index (χ4v) is 9.24. The summed E-state index contributed by atoms with van der Waals surface area (Å²) in [5, 5.41) is 5.38. The predicted octanol–water partition coefficient (Wildman–Crippen LogP) is 13.1. The first-order valence-corrected chi connectivity index (χ1v) is 16.6. The van der Waals surface area contributed by atoms with Gasteiger partial charge in [-0.05, 0) is 57.6 Å². The van der Waals surface area contributed by atoms with Gasteiger partial charge in [0.2, 0.25) is 0 Å². The van der Waals surface area contributed by atoms with Gasteiger partial charge in [-0.25, -0.2) is 0 Å². The van der Waals surface area contributed by atoms with Crippen LogP contribution in [0.1, 0.15) is 0 Å². The van der Waals surface area contributed by atoms with Crippen molar-refractivity contribution in [3.8, 4) is 44.5 Å². The number of hydrogen-bond donors (Lipinski definition) is 0. The van der Waals surface area contributed by atoms with Gasteiger partial charge in [-0.3, -0.25) is 0 Å². The molecule has 2 heteroatoms. The van der Waals surface area contributed by atoms with E-state index in [0.29, 0.717) is 0 Å². The molecule has 2 heterocycles. The van der Waals surface area contributed by atoms with Crippen molar-refractivity contribution in [3.63, 3.8) is 0 Å². The summed E-state index contributed by atoms with van der Waals surface area (Å²) in [5.74, 6) is 0. The molecule has 0 bridgehead atoms. The molecule has 9 rings (SSSR count). The van der Waals surface area contributed by atoms with E-state index in [0.717, 1.165) is 0 Å². The van der Waals surface area contributed by atoms with E-state index in [1.807, 2.05) is 22.7 Å². The third-order valence-corrected chi connectivity index (χ3v) is 11.0. The fourth-order valence-electron chi connectivity index (χ4n) is 6.65. The topological polar surface area (TPSA) is 0 Å². The zero-order valence-electron chi connectivity index (χ0n) is 23.8. The second-order valence-electron chi connectivity index (χ2n) is 11.2. The highest BCUT2D eigenvalue weighted by Gasteiger charge is 2.24. The van der Waals surface area contributed by atoms with Crippen LogP contribution in [-0.2, 0) is 0 Å². The summed E-state index contributed by atoms with van der Waals surface area (Å²) in [7, 11) is 0. The van der Waals surface area contributed by atoms with E-state index in [-0.39, 0.29) is 0 Å². The van der Waals surface area contributed by atoms with Crippen molar-refractivity contribution < 1.29 is 0 Å². The Kier molecular flexibility index (Phi) is 5.97. The molecule has 0 saturated carbocycles. The van der Waals surface area contributed by atoms with E-state index in [9.17, 15) is 0 Å². The minimum absolute atomic E-state index is 1.24. The van der Waals surface area contributed by atoms with Crippen LogP contribution in [0.15, 0.2) is 158 Å². The Balaban J connectivity index is 1.50. The van der Waals surface area contributed by atoms with Crippen molar-refractivity contribution in [3.05, 3.63) is 158 Å². The summed E-state index contributed by atoms with van der Waals surface area (Å²) >= 11 is 3.86. The van der Waals surface area contributed by atoms with Gasteiger partial charge in [0.1, 0.15) is 0 Å². The van der Waals surface area contributed by atoms with Crippen LogP contribution < -0.4 is 0 Å². The summed E-state index contributed by atoms with van der Waals surface area (Å²) in [4.78, 5) is 0. The summed E-state index contributed by atoms with van der Waals surface area (Å²) in [6.45, 7) is 0. The quantitative estimate of drug-likeness (QED) is 0.190. The van der Waals surface area contributed by atoms with Gasteiger partial charge < -0.3 is 0 Å². The lowest BCUT2D eigenvalue weighted by atomic mass is 9.88. The van der Waals surface area contributed by atoms with Gasteiger partial charge in [0.15, 0.2) is 0 Å². The minimum atomic E-state index is 1.24. The molecular weight excluding hydrogens is 569 g/mol. The second-order valence-corrected chi connectivity index (χ2v) is 13.4. The van der Waals surface area contributed by atoms with Crippen LogP contribution >= 0.6 is 22.7 Å². The molecule has 0 amide bonds. The molecule has 0 aliphatic heterocycles. The van der Waals surface area contributed by atoms with Crippen LogP contribution in [0.2, 0.25) is 0 Å². The van der Waals surface area contributed by atoms with Crippen LogP contribution in [0, 0.1) is 0 Å². The first kappa shape index (κ1) is 25.5. The highest BCUT2D eigenvalue weighted by atomic mass is 32.1. The van der Waals surface area contributed by atoms with Crippen molar-refractivity contribution in [1.29, 1.82) is 0 Å². The maximum Gasteiger partial charge on any atom is 0.0455 e. The highest BCUT2D eigenvalue weighted by Crippen LogP contribution is 2.54. The number of rotatable bonds is 4. The Morgan fingerprint density at radius 3 is 1.20 bits per heavy atom. The van der Waals surface area contributed by atoms with Crippen LogP contribution in [0.3, 0.4) is 0 Å². The lowest BCUT2D eigenvalue weighted by Gasteiger charge is -2.15. The number of thiophene rings is 2. The van der Waals surface area contributed by atoms with Crippen LogP contribution in [0.4, 0.5) is 0 Å². The molecule has 2 aromatic heterocycles. The van der Waals surface area contributed by atoms with E-state index < -0.39 is 0 Å². The van der Waals surface area contributed by atoms with Crippen LogP contribution in [0.5, 0.6) is 0 Å². The minimum Gasteiger partial charge on any atom is -0.134 e. The second kappa shape index (κ2) is 10.3. The first-order valence-electron chi connectivity index (χ1n) is 14.9. The lowest BCUT2D eigenvalue weighted by Crippen LogP contribution is -1.88. The van der Waals surface area contributed by atoms with E-state index in [1.165, 1.54) is 84.9 Å². The van der Waals surface area contributed by atoms with Gasteiger partial charge in [0, 0.05) is 51.5 Å². The molecule has 0 aliphatic rings. The third-order valence-electron chi connectivity index (χ3n) is 8.67. The van der Waals surface area contributed by atoms with E-state index >= 15 is 0 Å². The SMILES string of the molecule is c1ccc(-c2ccc3sc4c(c(-c5ccccc5)c(-c5ccccc5)c5sc6ccc(-c7ccccc7)cc6c54)c3c2)cc1. The van der Waals surface area contributed by atoms with Gasteiger partial charge in [0.25, 0.3) is 0 Å². The molecule has 206 valence electrons. The molecule has 7 aromatic carbocycles. The largest absolute Gasteiger partial charge is 0.134 e. The monoisotopic (exact) mass is 594 g/mol. The van der Waals surface area contributed by atoms with Crippen LogP contribution in [0.25, 0.3) is 84.9 Å². The van der Waals surface area contributed by atoms with Crippen molar-refractivity contribution in [2.45, 2.75) is 0 Å². The van der Waals surface area contributed by atoms with E-state index in [2.05, 4.69) is 158 Å². The fraction of sp³-hybridized carbons (Fsp3) is 0. The summed E-state index contributed by atoms with van der Waals surface area (Å²) < 4.78 is 5.38. The number of benzene rings is 7. The first-order chi connectivity index (χ1) is 21.8. The number of fused-ring (bicyclic) bond motifs is 7. The van der Waals surface area contributed by atoms with Crippen molar-refractivity contribution in [2.24, 2.45) is 0 Å². The summed E-state index contributed by atoms with van der Waals surface area (Å²) in [6.07, 6.45) is 0. The van der Waals surface area contributed by atoms with Gasteiger partial charge in [-0.15, -0.1) is 22.7 Å². The molecule has 9 aromatic rings. The van der Waals surface area contributed by atoms with E-state index in [4.69, 9.17) is 0 Å². The maximum atomic E-state index is 2.42. The molecular formula is C42H26S2. The molecule has 0 radical (unpaired) electrons. The summed E-state index contributed by atoms with van der Waals surface area (Å²) in [6, 6.07) is 57.6. The Morgan fingerprint density at radius 2 is 0.705 bits per heavy atom. The Labute approximate surface area is 264 Å². The molecule has 0 N–H and O–H groups in total. The zero-order valence-corrected chi connectivity index (χ0v) is 25.5. The highest BCUT2D eigenvalue weighted by molar-refractivity contribution is 7.30. The molecule has 44 heavy (non-hydrogen) atoms. The average Bonchev–Trinajstić information content (AvgIpc) is 3.67. The van der Waals surface area contributed by atoms with Gasteiger partial charge >= 0.3 is 0 Å². The number of hydrogen-bond acceptors (Lipinski definition) is 2. The lowest BCUT2D eigenvalue weighted by molar-refractivity contribution is 1.64. The smallest absolute Gasteiger partial charge is 0.0455 e. The Bertz CT molecular complexity index is 2450. The van der Waals surface area contributed by atoms with Crippen molar-refractivity contribution in [1.82, 2.24) is 0 Å². The van der Waals surface area contributed by atoms with Gasteiger partial charge in [-0.2, -0.15) is 0 Å². The molecule has 0 saturated heterocycles. The standard InChI is InChI=1S/C42H26S2/c1-5-13-27(14-6-1)31-21-23-35-33(25-31)39-37(29-17-9-3-10-18-29)38(30-19-11-4-12-20-30)41-40(42(39)44-35)34-26-32(22-24-36(34)43-41)28-15-7-2-8-16-28/h1-26H. The average molecular weight is 595 g/mol. The molecule has 0 unspecified atom stereocenters. The third kappa shape index (κ3) is 4.03. The normalized spacial score (nSPS) is 11.6. The molecule has 0 atom stereocenters. The molecule has 0 fully saturated rings. The van der Waals surface area contributed by atoms with E-state index in [1.54, 1.807) is 0 Å².